The van der Waals surface area contributed by atoms with Gasteiger partial charge in [0, 0.05) is 11.6 Å². The second-order valence-corrected chi connectivity index (χ2v) is 3.66. The minimum absolute atomic E-state index is 0.0735. The van der Waals surface area contributed by atoms with Crippen LogP contribution in [0.2, 0.25) is 0 Å². The molecule has 0 aliphatic heterocycles. The van der Waals surface area contributed by atoms with Crippen molar-refractivity contribution in [3.8, 4) is 5.75 Å². The molecule has 5 heteroatoms. The number of ether oxygens (including phenoxy) is 1. The van der Waals surface area contributed by atoms with E-state index in [0.29, 0.717) is 11.8 Å². The van der Waals surface area contributed by atoms with Crippen LogP contribution in [0.15, 0.2) is 18.2 Å². The lowest BCUT2D eigenvalue weighted by atomic mass is 10.2. The first-order valence-corrected chi connectivity index (χ1v) is 5.52. The predicted octanol–water partition coefficient (Wildman–Crippen LogP) is 2.97. The van der Waals surface area contributed by atoms with Gasteiger partial charge in [-0.2, -0.15) is 0 Å². The van der Waals surface area contributed by atoms with E-state index >= 15 is 0 Å². The largest absolute Gasteiger partial charge is 0.484 e. The van der Waals surface area contributed by atoms with Crippen LogP contribution in [0.4, 0.5) is 5.69 Å². The van der Waals surface area contributed by atoms with Crippen molar-refractivity contribution < 1.29 is 14.5 Å². The lowest BCUT2D eigenvalue weighted by Crippen LogP contribution is -2.14. The van der Waals surface area contributed by atoms with E-state index in [-0.39, 0.29) is 17.5 Å². The molecular weight excluding hydrogens is 222 g/mol. The first-order valence-electron chi connectivity index (χ1n) is 5.52. The van der Waals surface area contributed by atoms with Crippen molar-refractivity contribution in [3.05, 3.63) is 33.9 Å². The Morgan fingerprint density at radius 2 is 2.06 bits per heavy atom. The predicted molar refractivity (Wildman–Crippen MR) is 63.5 cm³/mol. The summed E-state index contributed by atoms with van der Waals surface area (Å²) in [5.41, 5.74) is 0.263. The van der Waals surface area contributed by atoms with Crippen LogP contribution >= 0.6 is 0 Å². The van der Waals surface area contributed by atoms with Gasteiger partial charge in [-0.05, 0) is 25.0 Å². The fourth-order valence-electron chi connectivity index (χ4n) is 1.48. The van der Waals surface area contributed by atoms with Crippen LogP contribution in [0.5, 0.6) is 5.75 Å². The van der Waals surface area contributed by atoms with E-state index in [1.165, 1.54) is 18.2 Å². The van der Waals surface area contributed by atoms with Crippen LogP contribution in [-0.4, -0.2) is 17.3 Å². The molecule has 0 bridgehead atoms. The SMILES string of the molecule is CCC(CC)Oc1cc(C=O)ccc1[N+](=O)[O-]. The Labute approximate surface area is 99.5 Å². The minimum atomic E-state index is -0.508. The zero-order chi connectivity index (χ0) is 12.8. The second kappa shape index (κ2) is 5.98. The highest BCUT2D eigenvalue weighted by molar-refractivity contribution is 5.76. The fourth-order valence-corrected chi connectivity index (χ4v) is 1.48. The van der Waals surface area contributed by atoms with Gasteiger partial charge in [-0.25, -0.2) is 0 Å². The van der Waals surface area contributed by atoms with E-state index in [9.17, 15) is 14.9 Å². The third-order valence-corrected chi connectivity index (χ3v) is 2.52. The first kappa shape index (κ1) is 13.2. The maximum Gasteiger partial charge on any atom is 0.310 e. The average Bonchev–Trinajstić information content (AvgIpc) is 2.35. The number of rotatable bonds is 6. The van der Waals surface area contributed by atoms with Crippen LogP contribution in [0, 0.1) is 10.1 Å². The highest BCUT2D eigenvalue weighted by Crippen LogP contribution is 2.29. The van der Waals surface area contributed by atoms with E-state index in [1.807, 2.05) is 13.8 Å². The van der Waals surface area contributed by atoms with Gasteiger partial charge in [0.15, 0.2) is 5.75 Å². The summed E-state index contributed by atoms with van der Waals surface area (Å²) in [4.78, 5) is 20.9. The van der Waals surface area contributed by atoms with Crippen LogP contribution in [-0.2, 0) is 0 Å². The van der Waals surface area contributed by atoms with Crippen LogP contribution in [0.3, 0.4) is 0 Å². The van der Waals surface area contributed by atoms with Gasteiger partial charge in [0.05, 0.1) is 11.0 Å². The topological polar surface area (TPSA) is 69.4 Å². The molecule has 0 N–H and O–H groups in total. The molecule has 0 spiro atoms. The van der Waals surface area contributed by atoms with Gasteiger partial charge in [-0.1, -0.05) is 13.8 Å². The Morgan fingerprint density at radius 3 is 2.53 bits per heavy atom. The molecule has 0 heterocycles. The molecule has 0 aliphatic rings. The summed E-state index contributed by atoms with van der Waals surface area (Å²) < 4.78 is 5.55. The zero-order valence-electron chi connectivity index (χ0n) is 9.88. The monoisotopic (exact) mass is 237 g/mol. The molecule has 1 rings (SSSR count). The van der Waals surface area contributed by atoms with Crippen molar-refractivity contribution in [3.63, 3.8) is 0 Å². The summed E-state index contributed by atoms with van der Waals surface area (Å²) in [6, 6.07) is 4.11. The third kappa shape index (κ3) is 3.27. The van der Waals surface area contributed by atoms with Gasteiger partial charge in [0.2, 0.25) is 0 Å². The molecular formula is C12H15NO4. The summed E-state index contributed by atoms with van der Waals surface area (Å²) in [6.07, 6.45) is 2.09. The Kier molecular flexibility index (Phi) is 4.63. The molecule has 0 atom stereocenters. The molecule has 17 heavy (non-hydrogen) atoms. The van der Waals surface area contributed by atoms with E-state index in [0.717, 1.165) is 12.8 Å². The van der Waals surface area contributed by atoms with Crippen molar-refractivity contribution in [2.75, 3.05) is 0 Å². The first-order chi connectivity index (χ1) is 8.12. The summed E-state index contributed by atoms with van der Waals surface area (Å²) in [6.45, 7) is 3.90. The average molecular weight is 237 g/mol. The minimum Gasteiger partial charge on any atom is -0.484 e. The number of carbonyl (C=O) groups is 1. The number of carbonyl (C=O) groups excluding carboxylic acids is 1. The molecule has 0 saturated carbocycles. The van der Waals surface area contributed by atoms with Crippen molar-refractivity contribution in [1.29, 1.82) is 0 Å². The normalized spacial score (nSPS) is 10.3. The summed E-state index contributed by atoms with van der Waals surface area (Å²) in [5.74, 6) is 0.160. The van der Waals surface area contributed by atoms with Gasteiger partial charge in [0.25, 0.3) is 0 Å². The number of benzene rings is 1. The summed E-state index contributed by atoms with van der Waals surface area (Å²) >= 11 is 0. The summed E-state index contributed by atoms with van der Waals surface area (Å²) in [7, 11) is 0. The molecule has 5 nitrogen and oxygen atoms in total. The molecule has 0 radical (unpaired) electrons. The van der Waals surface area contributed by atoms with Crippen molar-refractivity contribution in [2.24, 2.45) is 0 Å². The Hall–Kier alpha value is -1.91. The molecule has 1 aromatic carbocycles. The van der Waals surface area contributed by atoms with Gasteiger partial charge in [-0.15, -0.1) is 0 Å². The van der Waals surface area contributed by atoms with Crippen LogP contribution in [0.25, 0.3) is 0 Å². The van der Waals surface area contributed by atoms with E-state index in [2.05, 4.69) is 0 Å². The van der Waals surface area contributed by atoms with Gasteiger partial charge in [-0.3, -0.25) is 14.9 Å². The molecule has 0 aliphatic carbocycles. The maximum absolute atomic E-state index is 10.8. The number of aldehydes is 1. The highest BCUT2D eigenvalue weighted by atomic mass is 16.6. The Bertz CT molecular complexity index is 413. The molecule has 1 aromatic rings. The quantitative estimate of drug-likeness (QED) is 0.433. The van der Waals surface area contributed by atoms with Crippen molar-refractivity contribution in [1.82, 2.24) is 0 Å². The number of nitrogens with zero attached hydrogens (tertiary/aromatic N) is 1. The number of nitro benzene ring substituents is 1. The number of hydrogen-bond acceptors (Lipinski definition) is 4. The van der Waals surface area contributed by atoms with Gasteiger partial charge < -0.3 is 4.74 Å². The fraction of sp³-hybridized carbons (Fsp3) is 0.417. The molecule has 0 aromatic heterocycles. The van der Waals surface area contributed by atoms with Crippen LogP contribution in [0.1, 0.15) is 37.0 Å². The van der Waals surface area contributed by atoms with E-state index < -0.39 is 4.92 Å². The Morgan fingerprint density at radius 1 is 1.41 bits per heavy atom. The zero-order valence-corrected chi connectivity index (χ0v) is 9.88. The maximum atomic E-state index is 10.8. The number of nitro groups is 1. The Balaban J connectivity index is 3.08. The lowest BCUT2D eigenvalue weighted by molar-refractivity contribution is -0.386. The van der Waals surface area contributed by atoms with E-state index in [4.69, 9.17) is 4.74 Å². The van der Waals surface area contributed by atoms with Crippen molar-refractivity contribution >= 4 is 12.0 Å². The van der Waals surface area contributed by atoms with Crippen molar-refractivity contribution in [2.45, 2.75) is 32.8 Å². The summed E-state index contributed by atoms with van der Waals surface area (Å²) in [5, 5.41) is 10.8. The van der Waals surface area contributed by atoms with E-state index in [1.54, 1.807) is 0 Å². The smallest absolute Gasteiger partial charge is 0.310 e. The number of hydrogen-bond donors (Lipinski definition) is 0. The molecule has 0 saturated heterocycles. The standard InChI is InChI=1S/C12H15NO4/c1-3-10(4-2)17-12-7-9(8-14)5-6-11(12)13(15)16/h5-8,10H,3-4H2,1-2H3. The molecule has 0 unspecified atom stereocenters. The lowest BCUT2D eigenvalue weighted by Gasteiger charge is -2.15. The second-order valence-electron chi connectivity index (χ2n) is 3.66. The van der Waals surface area contributed by atoms with Gasteiger partial charge >= 0.3 is 5.69 Å². The molecule has 0 fully saturated rings. The van der Waals surface area contributed by atoms with Crippen LogP contribution < -0.4 is 4.74 Å². The highest BCUT2D eigenvalue weighted by Gasteiger charge is 2.18. The molecule has 92 valence electrons. The molecule has 0 amide bonds. The third-order valence-electron chi connectivity index (χ3n) is 2.52. The van der Waals surface area contributed by atoms with Gasteiger partial charge in [0.1, 0.15) is 6.29 Å².